The van der Waals surface area contributed by atoms with Gasteiger partial charge in [0.05, 0.1) is 24.9 Å². The third-order valence-corrected chi connectivity index (χ3v) is 4.68. The number of fused-ring (bicyclic) bond motifs is 1. The zero-order chi connectivity index (χ0) is 12.4. The first-order valence-corrected chi connectivity index (χ1v) is 7.42. The standard InChI is InChI=1S/C13H17ClN2OS/c14-12-3-1-2-11(8-12)4-5-15-6-7-16-13(9-15)10-17-18-16/h1-3,8,13H,4-7,9-10H2. The average molecular weight is 285 g/mol. The highest BCUT2D eigenvalue weighted by Gasteiger charge is 2.32. The zero-order valence-corrected chi connectivity index (χ0v) is 11.8. The van der Waals surface area contributed by atoms with Crippen LogP contribution in [0.5, 0.6) is 0 Å². The van der Waals surface area contributed by atoms with Gasteiger partial charge in [-0.05, 0) is 24.1 Å². The topological polar surface area (TPSA) is 15.7 Å². The molecule has 2 aliphatic heterocycles. The van der Waals surface area contributed by atoms with Crippen molar-refractivity contribution in [2.75, 3.05) is 32.8 Å². The van der Waals surface area contributed by atoms with Crippen LogP contribution in [-0.2, 0) is 10.6 Å². The van der Waals surface area contributed by atoms with E-state index in [9.17, 15) is 0 Å². The lowest BCUT2D eigenvalue weighted by atomic mass is 10.1. The molecule has 1 aromatic rings. The lowest BCUT2D eigenvalue weighted by molar-refractivity contribution is 0.144. The highest BCUT2D eigenvalue weighted by Crippen LogP contribution is 2.27. The molecule has 0 radical (unpaired) electrons. The highest BCUT2D eigenvalue weighted by molar-refractivity contribution is 7.92. The second kappa shape index (κ2) is 5.80. The Labute approximate surface area is 117 Å². The average Bonchev–Trinajstić information content (AvgIpc) is 2.84. The molecule has 2 aliphatic rings. The normalized spacial score (nSPS) is 25.3. The molecule has 0 aromatic heterocycles. The maximum absolute atomic E-state index is 6.00. The smallest absolute Gasteiger partial charge is 0.0824 e. The van der Waals surface area contributed by atoms with Gasteiger partial charge in [0.15, 0.2) is 0 Å². The Morgan fingerprint density at radius 3 is 3.22 bits per heavy atom. The second-order valence-electron chi connectivity index (χ2n) is 4.83. The summed E-state index contributed by atoms with van der Waals surface area (Å²) >= 11 is 7.53. The molecule has 0 saturated carbocycles. The summed E-state index contributed by atoms with van der Waals surface area (Å²) in [7, 11) is 0. The van der Waals surface area contributed by atoms with Crippen LogP contribution in [0.3, 0.4) is 0 Å². The predicted octanol–water partition coefficient (Wildman–Crippen LogP) is 2.46. The quantitative estimate of drug-likeness (QED) is 0.626. The van der Waals surface area contributed by atoms with E-state index >= 15 is 0 Å². The summed E-state index contributed by atoms with van der Waals surface area (Å²) < 4.78 is 7.77. The summed E-state index contributed by atoms with van der Waals surface area (Å²) in [6.45, 7) is 5.32. The number of benzene rings is 1. The van der Waals surface area contributed by atoms with Crippen molar-refractivity contribution in [3.63, 3.8) is 0 Å². The predicted molar refractivity (Wildman–Crippen MR) is 75.6 cm³/mol. The maximum atomic E-state index is 6.00. The SMILES string of the molecule is Clc1cccc(CCN2CCN3SOCC3C2)c1. The summed E-state index contributed by atoms with van der Waals surface area (Å²) in [5.74, 6) is 0. The molecule has 3 nitrogen and oxygen atoms in total. The third kappa shape index (κ3) is 3.00. The fourth-order valence-corrected chi connectivity index (χ4v) is 3.47. The Balaban J connectivity index is 1.51. The van der Waals surface area contributed by atoms with Crippen molar-refractivity contribution < 1.29 is 4.18 Å². The molecule has 0 N–H and O–H groups in total. The van der Waals surface area contributed by atoms with E-state index in [1.165, 1.54) is 17.8 Å². The number of piperazine rings is 1. The van der Waals surface area contributed by atoms with E-state index < -0.39 is 0 Å². The Hall–Kier alpha value is -0.260. The number of rotatable bonds is 3. The van der Waals surface area contributed by atoms with E-state index in [2.05, 4.69) is 21.3 Å². The van der Waals surface area contributed by atoms with Crippen molar-refractivity contribution in [1.29, 1.82) is 0 Å². The molecule has 5 heteroatoms. The maximum Gasteiger partial charge on any atom is 0.0824 e. The van der Waals surface area contributed by atoms with Gasteiger partial charge >= 0.3 is 0 Å². The van der Waals surface area contributed by atoms with Gasteiger partial charge in [0.2, 0.25) is 0 Å². The van der Waals surface area contributed by atoms with Gasteiger partial charge in [-0.3, -0.25) is 4.18 Å². The first-order chi connectivity index (χ1) is 8.81. The van der Waals surface area contributed by atoms with Crippen LogP contribution in [0.2, 0.25) is 5.02 Å². The van der Waals surface area contributed by atoms with Crippen molar-refractivity contribution >= 4 is 23.8 Å². The molecular weight excluding hydrogens is 268 g/mol. The summed E-state index contributed by atoms with van der Waals surface area (Å²) in [6, 6.07) is 8.74. The lowest BCUT2D eigenvalue weighted by Gasteiger charge is -2.34. The third-order valence-electron chi connectivity index (χ3n) is 3.53. The molecule has 2 heterocycles. The number of halogens is 1. The van der Waals surface area contributed by atoms with Crippen LogP contribution in [0, 0.1) is 0 Å². The van der Waals surface area contributed by atoms with Gasteiger partial charge in [-0.25, -0.2) is 4.31 Å². The molecule has 0 aliphatic carbocycles. The van der Waals surface area contributed by atoms with Crippen LogP contribution in [-0.4, -0.2) is 48.0 Å². The van der Waals surface area contributed by atoms with Gasteiger partial charge < -0.3 is 4.90 Å². The minimum absolute atomic E-state index is 0.572. The van der Waals surface area contributed by atoms with E-state index in [0.29, 0.717) is 6.04 Å². The molecule has 98 valence electrons. The summed E-state index contributed by atoms with van der Waals surface area (Å²) in [6.07, 6.45) is 1.07. The van der Waals surface area contributed by atoms with Gasteiger partial charge in [-0.15, -0.1) is 0 Å². The fourth-order valence-electron chi connectivity index (χ4n) is 2.50. The first-order valence-electron chi connectivity index (χ1n) is 6.34. The largest absolute Gasteiger partial charge is 0.300 e. The van der Waals surface area contributed by atoms with Gasteiger partial charge in [0.25, 0.3) is 0 Å². The van der Waals surface area contributed by atoms with Crippen LogP contribution >= 0.6 is 23.8 Å². The van der Waals surface area contributed by atoms with Crippen molar-refractivity contribution in [2.24, 2.45) is 0 Å². The number of nitrogens with zero attached hydrogens (tertiary/aromatic N) is 2. The van der Waals surface area contributed by atoms with Gasteiger partial charge in [-0.1, -0.05) is 23.7 Å². The van der Waals surface area contributed by atoms with Crippen LogP contribution in [0.1, 0.15) is 5.56 Å². The molecule has 3 rings (SSSR count). The Kier molecular flexibility index (Phi) is 4.11. The van der Waals surface area contributed by atoms with Crippen molar-refractivity contribution in [2.45, 2.75) is 12.5 Å². The fraction of sp³-hybridized carbons (Fsp3) is 0.538. The molecule has 1 aromatic carbocycles. The summed E-state index contributed by atoms with van der Waals surface area (Å²) in [5.41, 5.74) is 1.32. The molecule has 1 atom stereocenters. The molecule has 2 fully saturated rings. The minimum Gasteiger partial charge on any atom is -0.300 e. The van der Waals surface area contributed by atoms with E-state index in [-0.39, 0.29) is 0 Å². The van der Waals surface area contributed by atoms with E-state index in [1.807, 2.05) is 12.1 Å². The zero-order valence-electron chi connectivity index (χ0n) is 10.2. The monoisotopic (exact) mass is 284 g/mol. The van der Waals surface area contributed by atoms with E-state index in [4.69, 9.17) is 15.8 Å². The summed E-state index contributed by atoms with van der Waals surface area (Å²) in [4.78, 5) is 2.53. The second-order valence-corrected chi connectivity index (χ2v) is 6.12. The van der Waals surface area contributed by atoms with Crippen LogP contribution in [0.15, 0.2) is 24.3 Å². The van der Waals surface area contributed by atoms with Crippen molar-refractivity contribution in [3.05, 3.63) is 34.9 Å². The molecular formula is C13H17ClN2OS. The van der Waals surface area contributed by atoms with E-state index in [0.717, 1.165) is 44.2 Å². The molecule has 0 amide bonds. The molecule has 2 saturated heterocycles. The molecule has 0 spiro atoms. The van der Waals surface area contributed by atoms with Gasteiger partial charge in [0.1, 0.15) is 0 Å². The Morgan fingerprint density at radius 1 is 1.39 bits per heavy atom. The minimum atomic E-state index is 0.572. The summed E-state index contributed by atoms with van der Waals surface area (Å²) in [5, 5.41) is 0.831. The highest BCUT2D eigenvalue weighted by atomic mass is 35.5. The van der Waals surface area contributed by atoms with Crippen molar-refractivity contribution in [1.82, 2.24) is 9.21 Å². The van der Waals surface area contributed by atoms with Crippen LogP contribution in [0.4, 0.5) is 0 Å². The number of hydrogen-bond donors (Lipinski definition) is 0. The molecule has 18 heavy (non-hydrogen) atoms. The molecule has 1 unspecified atom stereocenters. The van der Waals surface area contributed by atoms with Crippen molar-refractivity contribution in [3.8, 4) is 0 Å². The molecule has 0 bridgehead atoms. The van der Waals surface area contributed by atoms with Gasteiger partial charge in [0, 0.05) is 31.2 Å². The van der Waals surface area contributed by atoms with Crippen LogP contribution < -0.4 is 0 Å². The lowest BCUT2D eigenvalue weighted by Crippen LogP contribution is -2.49. The Morgan fingerprint density at radius 2 is 2.33 bits per heavy atom. The number of hydrogen-bond acceptors (Lipinski definition) is 4. The first kappa shape index (κ1) is 12.8. The van der Waals surface area contributed by atoms with Crippen LogP contribution in [0.25, 0.3) is 0 Å². The van der Waals surface area contributed by atoms with Gasteiger partial charge in [-0.2, -0.15) is 0 Å². The Bertz CT molecular complexity index is 418. The van der Waals surface area contributed by atoms with E-state index in [1.54, 1.807) is 0 Å².